The van der Waals surface area contributed by atoms with Crippen LogP contribution in [0.4, 0.5) is 0 Å². The molecule has 2 amide bonds. The summed E-state index contributed by atoms with van der Waals surface area (Å²) in [7, 11) is 0. The largest absolute Gasteiger partial charge is 0.462 e. The Hall–Kier alpha value is -1.65. The minimum absolute atomic E-state index is 0.178. The second kappa shape index (κ2) is 4.18. The Kier molecular flexibility index (Phi) is 2.73. The summed E-state index contributed by atoms with van der Waals surface area (Å²) in [6.45, 7) is 3.23. The number of likely N-dealkylation sites (tertiary alicyclic amines) is 1. The van der Waals surface area contributed by atoms with Crippen molar-refractivity contribution in [2.24, 2.45) is 23.7 Å². The monoisotopic (exact) mass is 263 g/mol. The van der Waals surface area contributed by atoms with E-state index in [1.54, 1.807) is 13.8 Å². The van der Waals surface area contributed by atoms with Crippen LogP contribution < -0.4 is 0 Å². The molecule has 1 saturated heterocycles. The molecule has 5 heteroatoms. The quantitative estimate of drug-likeness (QED) is 0.428. The molecule has 1 heterocycles. The lowest BCUT2D eigenvalue weighted by molar-refractivity contribution is -0.155. The van der Waals surface area contributed by atoms with Gasteiger partial charge in [-0.05, 0) is 32.1 Å². The van der Waals surface area contributed by atoms with Crippen molar-refractivity contribution in [2.75, 3.05) is 6.54 Å². The molecular formula is C14H17NO4. The van der Waals surface area contributed by atoms with E-state index >= 15 is 0 Å². The molecule has 3 rings (SSSR count). The van der Waals surface area contributed by atoms with Crippen molar-refractivity contribution in [2.45, 2.75) is 26.4 Å². The van der Waals surface area contributed by atoms with Gasteiger partial charge in [-0.25, -0.2) is 0 Å². The number of ether oxygens (including phenoxy) is 1. The summed E-state index contributed by atoms with van der Waals surface area (Å²) >= 11 is 0. The number of imide groups is 1. The first-order valence-electron chi connectivity index (χ1n) is 6.72. The van der Waals surface area contributed by atoms with Gasteiger partial charge >= 0.3 is 5.97 Å². The van der Waals surface area contributed by atoms with Crippen LogP contribution in [0.15, 0.2) is 12.2 Å². The fourth-order valence-corrected chi connectivity index (χ4v) is 3.55. The third-order valence-corrected chi connectivity index (χ3v) is 4.22. The fourth-order valence-electron chi connectivity index (χ4n) is 3.55. The maximum absolute atomic E-state index is 12.3. The van der Waals surface area contributed by atoms with E-state index in [4.69, 9.17) is 4.74 Å². The molecular weight excluding hydrogens is 246 g/mol. The van der Waals surface area contributed by atoms with Gasteiger partial charge in [0.05, 0.1) is 17.9 Å². The van der Waals surface area contributed by atoms with E-state index in [1.807, 2.05) is 12.2 Å². The highest BCUT2D eigenvalue weighted by Gasteiger charge is 2.59. The van der Waals surface area contributed by atoms with Crippen LogP contribution in [0.5, 0.6) is 0 Å². The van der Waals surface area contributed by atoms with Gasteiger partial charge in [-0.15, -0.1) is 0 Å². The summed E-state index contributed by atoms with van der Waals surface area (Å²) in [6.07, 6.45) is 4.73. The Morgan fingerprint density at radius 3 is 2.26 bits per heavy atom. The summed E-state index contributed by atoms with van der Waals surface area (Å²) in [6, 6.07) is 0. The van der Waals surface area contributed by atoms with E-state index in [9.17, 15) is 14.4 Å². The number of nitrogens with zero attached hydrogens (tertiary/aromatic N) is 1. The number of allylic oxidation sites excluding steroid dienone is 2. The molecule has 0 N–H and O–H groups in total. The van der Waals surface area contributed by atoms with Crippen molar-refractivity contribution in [3.63, 3.8) is 0 Å². The third-order valence-electron chi connectivity index (χ3n) is 4.22. The average molecular weight is 263 g/mol. The molecule has 1 saturated carbocycles. The van der Waals surface area contributed by atoms with Crippen LogP contribution in [0, 0.1) is 23.7 Å². The highest BCUT2D eigenvalue weighted by Crippen LogP contribution is 2.52. The first-order chi connectivity index (χ1) is 8.99. The zero-order valence-electron chi connectivity index (χ0n) is 11.0. The Bertz CT molecular complexity index is 452. The molecule has 3 aliphatic rings. The van der Waals surface area contributed by atoms with Gasteiger partial charge in [-0.3, -0.25) is 19.3 Å². The molecule has 0 aromatic heterocycles. The fraction of sp³-hybridized carbons (Fsp3) is 0.643. The molecule has 4 atom stereocenters. The van der Waals surface area contributed by atoms with Crippen LogP contribution in [0.25, 0.3) is 0 Å². The van der Waals surface area contributed by atoms with E-state index in [2.05, 4.69) is 0 Å². The second-order valence-electron chi connectivity index (χ2n) is 5.80. The van der Waals surface area contributed by atoms with Crippen molar-refractivity contribution in [1.29, 1.82) is 0 Å². The molecule has 102 valence electrons. The molecule has 0 radical (unpaired) electrons. The van der Waals surface area contributed by atoms with Gasteiger partial charge in [0, 0.05) is 0 Å². The summed E-state index contributed by atoms with van der Waals surface area (Å²) in [5.41, 5.74) is 0. The predicted octanol–water partition coefficient (Wildman–Crippen LogP) is 0.745. The van der Waals surface area contributed by atoms with Crippen molar-refractivity contribution < 1.29 is 19.1 Å². The number of hydrogen-bond acceptors (Lipinski definition) is 4. The normalized spacial score (nSPS) is 35.4. The van der Waals surface area contributed by atoms with Crippen molar-refractivity contribution in [3.8, 4) is 0 Å². The van der Waals surface area contributed by atoms with Gasteiger partial charge in [0.2, 0.25) is 11.8 Å². The maximum Gasteiger partial charge on any atom is 0.326 e. The van der Waals surface area contributed by atoms with E-state index in [1.165, 1.54) is 0 Å². The van der Waals surface area contributed by atoms with Crippen molar-refractivity contribution in [1.82, 2.24) is 4.90 Å². The van der Waals surface area contributed by atoms with Crippen LogP contribution in [0.3, 0.4) is 0 Å². The zero-order chi connectivity index (χ0) is 13.7. The zero-order valence-corrected chi connectivity index (χ0v) is 11.0. The summed E-state index contributed by atoms with van der Waals surface area (Å²) in [4.78, 5) is 37.2. The van der Waals surface area contributed by atoms with Crippen LogP contribution in [0.2, 0.25) is 0 Å². The second-order valence-corrected chi connectivity index (χ2v) is 5.80. The number of carbonyl (C=O) groups excluding carboxylic acids is 3. The summed E-state index contributed by atoms with van der Waals surface area (Å²) in [5.74, 6) is -1.05. The van der Waals surface area contributed by atoms with Crippen LogP contribution in [0.1, 0.15) is 20.3 Å². The number of amides is 2. The first kappa shape index (κ1) is 12.4. The topological polar surface area (TPSA) is 63.7 Å². The molecule has 0 unspecified atom stereocenters. The highest BCUT2D eigenvalue weighted by molar-refractivity contribution is 6.08. The lowest BCUT2D eigenvalue weighted by Crippen LogP contribution is -2.38. The molecule has 5 nitrogen and oxygen atoms in total. The molecule has 0 aromatic carbocycles. The average Bonchev–Trinajstić information content (AvgIpc) is 2.97. The van der Waals surface area contributed by atoms with Crippen LogP contribution in [-0.2, 0) is 19.1 Å². The lowest BCUT2D eigenvalue weighted by atomic mass is 9.85. The minimum Gasteiger partial charge on any atom is -0.462 e. The predicted molar refractivity (Wildman–Crippen MR) is 65.7 cm³/mol. The van der Waals surface area contributed by atoms with Crippen molar-refractivity contribution >= 4 is 17.8 Å². The number of fused-ring (bicyclic) bond motifs is 5. The van der Waals surface area contributed by atoms with Gasteiger partial charge in [-0.1, -0.05) is 12.2 Å². The summed E-state index contributed by atoms with van der Waals surface area (Å²) < 4.78 is 5.00. The Morgan fingerprint density at radius 1 is 1.26 bits per heavy atom. The molecule has 1 aliphatic heterocycles. The van der Waals surface area contributed by atoms with Gasteiger partial charge in [0.1, 0.15) is 6.54 Å². The Morgan fingerprint density at radius 2 is 1.79 bits per heavy atom. The molecule has 2 aliphatic carbocycles. The number of rotatable bonds is 3. The van der Waals surface area contributed by atoms with E-state index in [0.717, 1.165) is 11.3 Å². The van der Waals surface area contributed by atoms with Crippen LogP contribution >= 0.6 is 0 Å². The standard InChI is InChI=1S/C14H17NO4/c1-7(2)19-10(16)6-15-13(17)11-8-3-4-9(5-8)12(11)14(15)18/h3-4,7-9,11-12H,5-6H2,1-2H3/t8-,9+,11-,12-/m0/s1. The van der Waals surface area contributed by atoms with Gasteiger partial charge in [-0.2, -0.15) is 0 Å². The van der Waals surface area contributed by atoms with Gasteiger partial charge in [0.25, 0.3) is 0 Å². The molecule has 2 fully saturated rings. The Labute approximate surface area is 111 Å². The van der Waals surface area contributed by atoms with E-state index in [-0.39, 0.29) is 48.1 Å². The van der Waals surface area contributed by atoms with Crippen molar-refractivity contribution in [3.05, 3.63) is 12.2 Å². The lowest BCUT2D eigenvalue weighted by Gasteiger charge is -2.17. The van der Waals surface area contributed by atoms with Crippen LogP contribution in [-0.4, -0.2) is 35.3 Å². The Balaban J connectivity index is 1.74. The third kappa shape index (κ3) is 1.79. The maximum atomic E-state index is 12.3. The first-order valence-corrected chi connectivity index (χ1v) is 6.72. The smallest absolute Gasteiger partial charge is 0.326 e. The molecule has 0 aromatic rings. The van der Waals surface area contributed by atoms with E-state index < -0.39 is 5.97 Å². The number of esters is 1. The SMILES string of the molecule is CC(C)OC(=O)CN1C(=O)[C@@H]2[C@@H](C1=O)[C@H]1C=C[C@@H]2C1. The summed E-state index contributed by atoms with van der Waals surface area (Å²) in [5, 5.41) is 0. The number of hydrogen-bond donors (Lipinski definition) is 0. The molecule has 0 spiro atoms. The van der Waals surface area contributed by atoms with Gasteiger partial charge < -0.3 is 4.74 Å². The molecule has 2 bridgehead atoms. The molecule has 19 heavy (non-hydrogen) atoms. The highest BCUT2D eigenvalue weighted by atomic mass is 16.5. The number of carbonyl (C=O) groups is 3. The minimum atomic E-state index is -0.517. The van der Waals surface area contributed by atoms with E-state index in [0.29, 0.717) is 0 Å². The van der Waals surface area contributed by atoms with Gasteiger partial charge in [0.15, 0.2) is 0 Å².